The minimum Gasteiger partial charge on any atom is -0.362 e. The van der Waals surface area contributed by atoms with Crippen molar-refractivity contribution >= 4 is 23.2 Å². The summed E-state index contributed by atoms with van der Waals surface area (Å²) in [5.74, 6) is -0.796. The van der Waals surface area contributed by atoms with Crippen LogP contribution in [0.2, 0.25) is 0 Å². The number of anilines is 1. The number of hydrogen-bond donors (Lipinski definition) is 2. The van der Waals surface area contributed by atoms with Crippen LogP contribution in [0, 0.1) is 15.5 Å². The van der Waals surface area contributed by atoms with Crippen molar-refractivity contribution in [2.45, 2.75) is 39.5 Å². The van der Waals surface area contributed by atoms with Crippen LogP contribution in [-0.2, 0) is 9.59 Å². The third-order valence-electron chi connectivity index (χ3n) is 5.81. The number of pyridine rings is 1. The van der Waals surface area contributed by atoms with Gasteiger partial charge in [-0.2, -0.15) is 0 Å². The van der Waals surface area contributed by atoms with Gasteiger partial charge < -0.3 is 10.6 Å². The molecule has 0 radical (unpaired) electrons. The lowest BCUT2D eigenvalue weighted by Crippen LogP contribution is -2.39. The molecule has 1 amide bonds. The van der Waals surface area contributed by atoms with Gasteiger partial charge in [0, 0.05) is 53.2 Å². The number of aromatic nitrogens is 1. The van der Waals surface area contributed by atoms with Crippen LogP contribution in [0.15, 0.2) is 71.2 Å². The van der Waals surface area contributed by atoms with E-state index >= 15 is 0 Å². The number of ketones is 1. The van der Waals surface area contributed by atoms with E-state index in [4.69, 9.17) is 0 Å². The number of carbonyl (C=O) groups excluding carboxylic acids is 2. The normalized spacial score (nSPS) is 19.8. The van der Waals surface area contributed by atoms with E-state index in [1.807, 2.05) is 13.8 Å². The molecule has 2 heterocycles. The van der Waals surface area contributed by atoms with E-state index in [1.54, 1.807) is 43.5 Å². The molecule has 164 valence electrons. The number of Topliss-reactive ketones (excluding diaryl/α,β-unsaturated/α-hetero) is 1. The first-order valence-corrected chi connectivity index (χ1v) is 10.4. The highest BCUT2D eigenvalue weighted by atomic mass is 16.6. The number of hydrogen-bond acceptors (Lipinski definition) is 6. The quantitative estimate of drug-likeness (QED) is 0.552. The van der Waals surface area contributed by atoms with E-state index < -0.39 is 16.7 Å². The number of nitro benzene ring substituents is 1. The maximum atomic E-state index is 13.4. The molecule has 0 saturated carbocycles. The first-order chi connectivity index (χ1) is 15.2. The SMILES string of the molecule is CC1=C(C(=O)Nc2ccccn2)C(c2cccc([N+](=O)[O-])c2)C2=C(CC(C)(C)CC2=O)N1. The fourth-order valence-electron chi connectivity index (χ4n) is 4.51. The second-order valence-electron chi connectivity index (χ2n) is 8.95. The Hall–Kier alpha value is -3.81. The molecule has 0 spiro atoms. The summed E-state index contributed by atoms with van der Waals surface area (Å²) in [4.78, 5) is 41.7. The van der Waals surface area contributed by atoms with Gasteiger partial charge in [0.05, 0.1) is 4.92 Å². The van der Waals surface area contributed by atoms with E-state index in [2.05, 4.69) is 15.6 Å². The van der Waals surface area contributed by atoms with Gasteiger partial charge in [0.1, 0.15) is 5.82 Å². The fraction of sp³-hybridized carbons (Fsp3) is 0.292. The van der Waals surface area contributed by atoms with Crippen molar-refractivity contribution in [3.8, 4) is 0 Å². The molecule has 0 saturated heterocycles. The summed E-state index contributed by atoms with van der Waals surface area (Å²) in [7, 11) is 0. The Bertz CT molecular complexity index is 1180. The number of nitrogens with zero attached hydrogens (tertiary/aromatic N) is 2. The van der Waals surface area contributed by atoms with Gasteiger partial charge in [-0.1, -0.05) is 32.0 Å². The second-order valence-corrected chi connectivity index (χ2v) is 8.95. The number of non-ortho nitro benzene ring substituents is 1. The molecule has 32 heavy (non-hydrogen) atoms. The van der Waals surface area contributed by atoms with Crippen molar-refractivity contribution in [3.63, 3.8) is 0 Å². The first kappa shape index (κ1) is 21.4. The third kappa shape index (κ3) is 4.03. The van der Waals surface area contributed by atoms with Crippen LogP contribution >= 0.6 is 0 Å². The molecule has 1 atom stereocenters. The zero-order valence-corrected chi connectivity index (χ0v) is 18.1. The summed E-state index contributed by atoms with van der Waals surface area (Å²) >= 11 is 0. The predicted octanol–water partition coefficient (Wildman–Crippen LogP) is 4.23. The van der Waals surface area contributed by atoms with E-state index in [-0.39, 0.29) is 16.9 Å². The average Bonchev–Trinajstić information content (AvgIpc) is 2.72. The molecule has 0 fully saturated rings. The number of dihydropyridines is 1. The molecule has 1 aliphatic heterocycles. The maximum absolute atomic E-state index is 13.4. The molecule has 8 heteroatoms. The molecular weight excluding hydrogens is 408 g/mol. The zero-order chi connectivity index (χ0) is 23.0. The Morgan fingerprint density at radius 2 is 2.00 bits per heavy atom. The highest BCUT2D eigenvalue weighted by Crippen LogP contribution is 2.47. The van der Waals surface area contributed by atoms with Crippen molar-refractivity contribution in [1.82, 2.24) is 10.3 Å². The Balaban J connectivity index is 1.85. The smallest absolute Gasteiger partial charge is 0.269 e. The monoisotopic (exact) mass is 432 g/mol. The minimum absolute atomic E-state index is 0.0594. The molecule has 1 aromatic carbocycles. The van der Waals surface area contributed by atoms with Crippen molar-refractivity contribution in [2.24, 2.45) is 5.41 Å². The summed E-state index contributed by atoms with van der Waals surface area (Å²) < 4.78 is 0. The van der Waals surface area contributed by atoms with Gasteiger partial charge in [-0.25, -0.2) is 4.98 Å². The van der Waals surface area contributed by atoms with Gasteiger partial charge in [-0.05, 0) is 36.5 Å². The number of carbonyl (C=O) groups is 2. The predicted molar refractivity (Wildman–Crippen MR) is 120 cm³/mol. The summed E-state index contributed by atoms with van der Waals surface area (Å²) in [6.45, 7) is 5.84. The van der Waals surface area contributed by atoms with Crippen molar-refractivity contribution in [2.75, 3.05) is 5.32 Å². The molecular formula is C24H24N4O4. The highest BCUT2D eigenvalue weighted by molar-refractivity contribution is 6.09. The number of allylic oxidation sites excluding steroid dienone is 3. The Morgan fingerprint density at radius 3 is 2.69 bits per heavy atom. The molecule has 8 nitrogen and oxygen atoms in total. The zero-order valence-electron chi connectivity index (χ0n) is 18.1. The van der Waals surface area contributed by atoms with E-state index in [0.717, 1.165) is 5.70 Å². The van der Waals surface area contributed by atoms with Gasteiger partial charge in [-0.15, -0.1) is 0 Å². The highest BCUT2D eigenvalue weighted by Gasteiger charge is 2.43. The number of nitro groups is 1. The lowest BCUT2D eigenvalue weighted by atomic mass is 9.68. The average molecular weight is 432 g/mol. The lowest BCUT2D eigenvalue weighted by molar-refractivity contribution is -0.384. The van der Waals surface area contributed by atoms with Crippen molar-refractivity contribution < 1.29 is 14.5 Å². The van der Waals surface area contributed by atoms with Gasteiger partial charge in [-0.3, -0.25) is 19.7 Å². The lowest BCUT2D eigenvalue weighted by Gasteiger charge is -2.39. The van der Waals surface area contributed by atoms with E-state index in [9.17, 15) is 19.7 Å². The third-order valence-corrected chi connectivity index (χ3v) is 5.81. The molecule has 0 bridgehead atoms. The second kappa shape index (κ2) is 8.03. The molecule has 2 N–H and O–H groups in total. The van der Waals surface area contributed by atoms with Crippen molar-refractivity contribution in [3.05, 3.63) is 86.9 Å². The van der Waals surface area contributed by atoms with Crippen LogP contribution in [0.25, 0.3) is 0 Å². The Labute approximate surface area is 185 Å². The van der Waals surface area contributed by atoms with Gasteiger partial charge in [0.2, 0.25) is 0 Å². The largest absolute Gasteiger partial charge is 0.362 e. The summed E-state index contributed by atoms with van der Waals surface area (Å²) in [6, 6.07) is 11.3. The van der Waals surface area contributed by atoms with Gasteiger partial charge >= 0.3 is 0 Å². The van der Waals surface area contributed by atoms with Crippen molar-refractivity contribution in [1.29, 1.82) is 0 Å². The van der Waals surface area contributed by atoms with Crippen LogP contribution in [0.3, 0.4) is 0 Å². The summed E-state index contributed by atoms with van der Waals surface area (Å²) in [5, 5.41) is 17.5. The molecule has 1 aliphatic carbocycles. The van der Waals surface area contributed by atoms with E-state index in [1.165, 1.54) is 12.1 Å². The van der Waals surface area contributed by atoms with Crippen LogP contribution in [0.4, 0.5) is 11.5 Å². The summed E-state index contributed by atoms with van der Waals surface area (Å²) in [5.41, 5.74) is 2.46. The minimum atomic E-state index is -0.710. The molecule has 2 aliphatic rings. The topological polar surface area (TPSA) is 114 Å². The Morgan fingerprint density at radius 1 is 1.22 bits per heavy atom. The molecule has 1 unspecified atom stereocenters. The van der Waals surface area contributed by atoms with Crippen LogP contribution < -0.4 is 10.6 Å². The molecule has 2 aromatic rings. The van der Waals surface area contributed by atoms with Gasteiger partial charge in [0.15, 0.2) is 5.78 Å². The fourth-order valence-corrected chi connectivity index (χ4v) is 4.51. The first-order valence-electron chi connectivity index (χ1n) is 10.4. The molecule has 4 rings (SSSR count). The number of nitrogens with one attached hydrogen (secondary N) is 2. The standard InChI is InChI=1S/C24H24N4O4/c1-14-20(23(30)27-19-9-4-5-10-25-19)21(15-7-6-8-16(11-15)28(31)32)22-17(26-14)12-24(2,3)13-18(22)29/h4-11,21,26H,12-13H2,1-3H3,(H,25,27,30). The van der Waals surface area contributed by atoms with Crippen LogP contribution in [0.1, 0.15) is 45.1 Å². The van der Waals surface area contributed by atoms with Gasteiger partial charge in [0.25, 0.3) is 11.6 Å². The van der Waals surface area contributed by atoms with Crippen LogP contribution in [0.5, 0.6) is 0 Å². The number of amides is 1. The number of benzene rings is 1. The Kier molecular flexibility index (Phi) is 5.38. The van der Waals surface area contributed by atoms with Crippen LogP contribution in [-0.4, -0.2) is 21.6 Å². The summed E-state index contributed by atoms with van der Waals surface area (Å²) in [6.07, 6.45) is 2.56. The number of rotatable bonds is 4. The molecule has 1 aromatic heterocycles. The maximum Gasteiger partial charge on any atom is 0.269 e. The van der Waals surface area contributed by atoms with E-state index in [0.29, 0.717) is 41.1 Å².